The molecule has 0 bridgehead atoms. The van der Waals surface area contributed by atoms with Gasteiger partial charge in [0.1, 0.15) is 22.8 Å². The van der Waals surface area contributed by atoms with Crippen molar-refractivity contribution in [3.63, 3.8) is 0 Å². The van der Waals surface area contributed by atoms with Gasteiger partial charge in [-0.25, -0.2) is 0 Å². The fourth-order valence-corrected chi connectivity index (χ4v) is 2.86. The first-order valence-corrected chi connectivity index (χ1v) is 8.91. The first-order valence-electron chi connectivity index (χ1n) is 8.91. The zero-order valence-electron chi connectivity index (χ0n) is 16.5. The quantitative estimate of drug-likeness (QED) is 0.666. The first kappa shape index (κ1) is 20.0. The van der Waals surface area contributed by atoms with Gasteiger partial charge in [-0.3, -0.25) is 9.59 Å². The highest BCUT2D eigenvalue weighted by Gasteiger charge is 2.15. The Labute approximate surface area is 168 Å². The fraction of sp³-hybridized carbons (Fsp3) is 0.182. The van der Waals surface area contributed by atoms with Gasteiger partial charge in [0.05, 0.1) is 33.6 Å². The van der Waals surface area contributed by atoms with Crippen molar-refractivity contribution in [2.75, 3.05) is 26.6 Å². The predicted molar refractivity (Wildman–Crippen MR) is 110 cm³/mol. The molecule has 3 aromatic rings. The minimum atomic E-state index is -0.523. The summed E-state index contributed by atoms with van der Waals surface area (Å²) in [5.41, 5.74) is 0.982. The van der Waals surface area contributed by atoms with Crippen LogP contribution in [-0.4, -0.2) is 31.8 Å². The highest BCUT2D eigenvalue weighted by molar-refractivity contribution is 6.04. The van der Waals surface area contributed by atoms with Gasteiger partial charge in [-0.1, -0.05) is 12.1 Å². The highest BCUT2D eigenvalue weighted by atomic mass is 16.5. The number of nitrogens with zero attached hydrogens (tertiary/aromatic N) is 1. The van der Waals surface area contributed by atoms with Crippen LogP contribution in [0.5, 0.6) is 17.2 Å². The van der Waals surface area contributed by atoms with Gasteiger partial charge in [0.25, 0.3) is 11.5 Å². The lowest BCUT2D eigenvalue weighted by atomic mass is 10.2. The minimum Gasteiger partial charge on any atom is -0.497 e. The third kappa shape index (κ3) is 4.57. The molecule has 2 aromatic carbocycles. The van der Waals surface area contributed by atoms with Crippen LogP contribution in [0.15, 0.2) is 65.6 Å². The number of pyridine rings is 1. The summed E-state index contributed by atoms with van der Waals surface area (Å²) < 4.78 is 17.1. The van der Waals surface area contributed by atoms with Gasteiger partial charge < -0.3 is 24.1 Å². The van der Waals surface area contributed by atoms with Gasteiger partial charge >= 0.3 is 0 Å². The van der Waals surface area contributed by atoms with E-state index in [-0.39, 0.29) is 11.1 Å². The Morgan fingerprint density at radius 1 is 0.931 bits per heavy atom. The SMILES string of the molecule is COc1ccc(Cn2cccc(C(=O)Nc3cc(OC)ccc3OC)c2=O)cc1. The van der Waals surface area contributed by atoms with E-state index < -0.39 is 5.91 Å². The largest absolute Gasteiger partial charge is 0.497 e. The van der Waals surface area contributed by atoms with E-state index in [1.54, 1.807) is 37.6 Å². The van der Waals surface area contributed by atoms with Crippen molar-refractivity contribution in [3.8, 4) is 17.2 Å². The number of benzene rings is 2. The molecule has 0 saturated carbocycles. The average Bonchev–Trinajstić information content (AvgIpc) is 2.75. The second kappa shape index (κ2) is 8.97. The summed E-state index contributed by atoms with van der Waals surface area (Å²) in [4.78, 5) is 25.6. The molecule has 1 aromatic heterocycles. The first-order chi connectivity index (χ1) is 14.0. The summed E-state index contributed by atoms with van der Waals surface area (Å²) in [6.45, 7) is 0.340. The van der Waals surface area contributed by atoms with Crippen molar-refractivity contribution in [2.24, 2.45) is 0 Å². The standard InChI is InChI=1S/C22H22N2O5/c1-27-16-8-6-15(7-9-16)14-24-12-4-5-18(22(24)26)21(25)23-19-13-17(28-2)10-11-20(19)29-3/h4-13H,14H2,1-3H3,(H,23,25). The number of hydrogen-bond donors (Lipinski definition) is 1. The van der Waals surface area contributed by atoms with Gasteiger partial charge in [-0.2, -0.15) is 0 Å². The molecule has 0 aliphatic heterocycles. The summed E-state index contributed by atoms with van der Waals surface area (Å²) in [7, 11) is 4.63. The van der Waals surface area contributed by atoms with Crippen molar-refractivity contribution in [1.29, 1.82) is 0 Å². The highest BCUT2D eigenvalue weighted by Crippen LogP contribution is 2.29. The molecule has 1 heterocycles. The number of methoxy groups -OCH3 is 3. The Morgan fingerprint density at radius 2 is 1.62 bits per heavy atom. The van der Waals surface area contributed by atoms with Crippen LogP contribution in [0.1, 0.15) is 15.9 Å². The summed E-state index contributed by atoms with van der Waals surface area (Å²) in [5.74, 6) is 1.24. The normalized spacial score (nSPS) is 10.3. The van der Waals surface area contributed by atoms with E-state index >= 15 is 0 Å². The van der Waals surface area contributed by atoms with Crippen LogP contribution in [0.2, 0.25) is 0 Å². The smallest absolute Gasteiger partial charge is 0.263 e. The van der Waals surface area contributed by atoms with Gasteiger partial charge in [-0.05, 0) is 42.0 Å². The third-order valence-electron chi connectivity index (χ3n) is 4.43. The number of nitrogens with one attached hydrogen (secondary N) is 1. The number of carbonyl (C=O) groups is 1. The molecule has 29 heavy (non-hydrogen) atoms. The Bertz CT molecular complexity index is 1060. The topological polar surface area (TPSA) is 78.8 Å². The van der Waals surface area contributed by atoms with Gasteiger partial charge in [-0.15, -0.1) is 0 Å². The molecule has 0 fully saturated rings. The van der Waals surface area contributed by atoms with Gasteiger partial charge in [0.2, 0.25) is 0 Å². The molecule has 0 radical (unpaired) electrons. The molecule has 150 valence electrons. The van der Waals surface area contributed by atoms with E-state index in [1.165, 1.54) is 24.9 Å². The van der Waals surface area contributed by atoms with Crippen molar-refractivity contribution >= 4 is 11.6 Å². The van der Waals surface area contributed by atoms with Crippen LogP contribution in [-0.2, 0) is 6.54 Å². The van der Waals surface area contributed by atoms with Crippen molar-refractivity contribution in [3.05, 3.63) is 82.3 Å². The van der Waals surface area contributed by atoms with Crippen LogP contribution >= 0.6 is 0 Å². The molecule has 1 amide bonds. The zero-order valence-corrected chi connectivity index (χ0v) is 16.5. The van der Waals surface area contributed by atoms with Crippen LogP contribution in [0.3, 0.4) is 0 Å². The van der Waals surface area contributed by atoms with Crippen LogP contribution in [0.4, 0.5) is 5.69 Å². The van der Waals surface area contributed by atoms with Crippen LogP contribution < -0.4 is 25.1 Å². The summed E-state index contributed by atoms with van der Waals surface area (Å²) in [5, 5.41) is 2.73. The monoisotopic (exact) mass is 394 g/mol. The van der Waals surface area contributed by atoms with Crippen LogP contribution in [0.25, 0.3) is 0 Å². The van der Waals surface area contributed by atoms with E-state index in [0.29, 0.717) is 23.7 Å². The maximum Gasteiger partial charge on any atom is 0.263 e. The van der Waals surface area contributed by atoms with Crippen molar-refractivity contribution in [1.82, 2.24) is 4.57 Å². The number of aromatic nitrogens is 1. The van der Waals surface area contributed by atoms with E-state index in [9.17, 15) is 9.59 Å². The average molecular weight is 394 g/mol. The summed E-state index contributed by atoms with van der Waals surface area (Å²) >= 11 is 0. The number of carbonyl (C=O) groups excluding carboxylic acids is 1. The minimum absolute atomic E-state index is 0.0332. The molecule has 0 unspecified atom stereocenters. The lowest BCUT2D eigenvalue weighted by Crippen LogP contribution is -2.29. The maximum absolute atomic E-state index is 12.8. The number of amides is 1. The summed E-state index contributed by atoms with van der Waals surface area (Å²) in [6, 6.07) is 15.6. The molecule has 3 rings (SSSR count). The van der Waals surface area contributed by atoms with E-state index in [2.05, 4.69) is 5.32 Å². The van der Waals surface area contributed by atoms with Crippen LogP contribution in [0, 0.1) is 0 Å². The summed E-state index contributed by atoms with van der Waals surface area (Å²) in [6.07, 6.45) is 1.65. The molecule has 0 saturated heterocycles. The molecule has 0 aliphatic carbocycles. The molecular formula is C22H22N2O5. The molecule has 0 aliphatic rings. The lowest BCUT2D eigenvalue weighted by Gasteiger charge is -2.12. The predicted octanol–water partition coefficient (Wildman–Crippen LogP) is 3.17. The molecule has 7 heteroatoms. The molecule has 0 spiro atoms. The number of anilines is 1. The second-order valence-corrected chi connectivity index (χ2v) is 6.22. The Hall–Kier alpha value is -3.74. The molecule has 1 N–H and O–H groups in total. The Kier molecular flexibility index (Phi) is 6.19. The van der Waals surface area contributed by atoms with Gasteiger partial charge in [0, 0.05) is 12.3 Å². The number of ether oxygens (including phenoxy) is 3. The van der Waals surface area contributed by atoms with E-state index in [0.717, 1.165) is 11.3 Å². The molecule has 0 atom stereocenters. The lowest BCUT2D eigenvalue weighted by molar-refractivity contribution is 0.102. The van der Waals surface area contributed by atoms with Gasteiger partial charge in [0.15, 0.2) is 0 Å². The second-order valence-electron chi connectivity index (χ2n) is 6.22. The third-order valence-corrected chi connectivity index (χ3v) is 4.43. The van der Waals surface area contributed by atoms with Crippen molar-refractivity contribution in [2.45, 2.75) is 6.54 Å². The van der Waals surface area contributed by atoms with E-state index in [4.69, 9.17) is 14.2 Å². The Balaban J connectivity index is 1.85. The molecule has 7 nitrogen and oxygen atoms in total. The maximum atomic E-state index is 12.8. The van der Waals surface area contributed by atoms with Crippen molar-refractivity contribution < 1.29 is 19.0 Å². The molecular weight excluding hydrogens is 372 g/mol. The number of rotatable bonds is 7. The number of hydrogen-bond acceptors (Lipinski definition) is 5. The Morgan fingerprint density at radius 3 is 2.28 bits per heavy atom. The fourth-order valence-electron chi connectivity index (χ4n) is 2.86. The zero-order chi connectivity index (χ0) is 20.8. The van der Waals surface area contributed by atoms with E-state index in [1.807, 2.05) is 24.3 Å².